The topological polar surface area (TPSA) is 29.5 Å². The lowest BCUT2D eigenvalue weighted by atomic mass is 10.0. The van der Waals surface area contributed by atoms with Crippen molar-refractivity contribution >= 4 is 5.91 Å². The van der Waals surface area contributed by atoms with Gasteiger partial charge in [-0.25, -0.2) is 4.39 Å². The van der Waals surface area contributed by atoms with Gasteiger partial charge in [0, 0.05) is 12.1 Å². The molecule has 0 bridgehead atoms. The first-order valence-electron chi connectivity index (χ1n) is 10.5. The Bertz CT molecular complexity index is 1180. The van der Waals surface area contributed by atoms with Crippen molar-refractivity contribution in [2.45, 2.75) is 19.5 Å². The number of halogens is 1. The van der Waals surface area contributed by atoms with Crippen LogP contribution in [-0.4, -0.2) is 10.8 Å². The second kappa shape index (κ2) is 9.92. The van der Waals surface area contributed by atoms with Crippen molar-refractivity contribution in [2.75, 3.05) is 0 Å². The quantitative estimate of drug-likeness (QED) is 0.318. The Labute approximate surface area is 187 Å². The fourth-order valence-electron chi connectivity index (χ4n) is 3.61. The molecule has 0 heterocycles. The summed E-state index contributed by atoms with van der Waals surface area (Å²) < 4.78 is 19.8. The third-order valence-electron chi connectivity index (χ3n) is 5.31. The van der Waals surface area contributed by atoms with Crippen molar-refractivity contribution in [1.82, 2.24) is 4.90 Å². The van der Waals surface area contributed by atoms with E-state index < -0.39 is 5.82 Å². The van der Waals surface area contributed by atoms with Crippen LogP contribution in [0, 0.1) is 5.82 Å². The zero-order chi connectivity index (χ0) is 22.3. The highest BCUT2D eigenvalue weighted by molar-refractivity contribution is 5.94. The maximum absolute atomic E-state index is 13.8. The van der Waals surface area contributed by atoms with Crippen molar-refractivity contribution < 1.29 is 13.9 Å². The lowest BCUT2D eigenvalue weighted by Gasteiger charge is -2.30. The second-order valence-electron chi connectivity index (χ2n) is 7.59. The lowest BCUT2D eigenvalue weighted by molar-refractivity contribution is 0.0673. The second-order valence-corrected chi connectivity index (χ2v) is 7.59. The van der Waals surface area contributed by atoms with E-state index in [1.807, 2.05) is 91.9 Å². The number of ether oxygens (including phenoxy) is 1. The molecule has 4 heteroatoms. The van der Waals surface area contributed by atoms with Gasteiger partial charge in [-0.15, -0.1) is 0 Å². The number of nitrogens with zero attached hydrogens (tertiary/aromatic N) is 1. The smallest absolute Gasteiger partial charge is 0.254 e. The van der Waals surface area contributed by atoms with Gasteiger partial charge < -0.3 is 9.64 Å². The molecule has 1 amide bonds. The number of benzene rings is 4. The molecule has 0 N–H and O–H groups in total. The Balaban J connectivity index is 1.63. The van der Waals surface area contributed by atoms with Gasteiger partial charge in [-0.1, -0.05) is 66.7 Å². The first-order valence-corrected chi connectivity index (χ1v) is 10.5. The van der Waals surface area contributed by atoms with Gasteiger partial charge in [0.25, 0.3) is 5.91 Å². The standard InChI is InChI=1S/C28H24FNO2/c1-21(23-11-4-2-5-12-23)30(28(31)24-13-9-14-25(29)19-24)20-22-10-8-17-27(18-22)32-26-15-6-3-7-16-26/h2-19,21H,20H2,1H3. The molecule has 0 radical (unpaired) electrons. The van der Waals surface area contributed by atoms with Crippen LogP contribution in [0.25, 0.3) is 0 Å². The Hall–Kier alpha value is -3.92. The first-order chi connectivity index (χ1) is 15.6. The number of para-hydroxylation sites is 1. The van der Waals surface area contributed by atoms with E-state index in [0.29, 0.717) is 17.9 Å². The van der Waals surface area contributed by atoms with E-state index in [1.165, 1.54) is 12.1 Å². The van der Waals surface area contributed by atoms with Gasteiger partial charge in [0.1, 0.15) is 17.3 Å². The molecule has 0 spiro atoms. The summed E-state index contributed by atoms with van der Waals surface area (Å²) in [6.07, 6.45) is 0. The van der Waals surface area contributed by atoms with E-state index in [4.69, 9.17) is 4.74 Å². The molecular formula is C28H24FNO2. The molecule has 1 atom stereocenters. The highest BCUT2D eigenvalue weighted by atomic mass is 19.1. The molecule has 3 nitrogen and oxygen atoms in total. The van der Waals surface area contributed by atoms with Gasteiger partial charge in [0.15, 0.2) is 0 Å². The van der Waals surface area contributed by atoms with Crippen LogP contribution in [0.2, 0.25) is 0 Å². The van der Waals surface area contributed by atoms with Gasteiger partial charge in [-0.2, -0.15) is 0 Å². The Morgan fingerprint density at radius 1 is 0.812 bits per heavy atom. The third-order valence-corrected chi connectivity index (χ3v) is 5.31. The number of amides is 1. The van der Waals surface area contributed by atoms with Crippen LogP contribution in [0.5, 0.6) is 11.5 Å². The summed E-state index contributed by atoms with van der Waals surface area (Å²) in [5, 5.41) is 0. The lowest BCUT2D eigenvalue weighted by Crippen LogP contribution is -2.33. The van der Waals surface area contributed by atoms with Crippen LogP contribution in [0.4, 0.5) is 4.39 Å². The molecule has 0 aliphatic rings. The van der Waals surface area contributed by atoms with Crippen molar-refractivity contribution in [3.05, 3.63) is 132 Å². The normalized spacial score (nSPS) is 11.6. The fraction of sp³-hybridized carbons (Fsp3) is 0.107. The van der Waals surface area contributed by atoms with Crippen molar-refractivity contribution in [3.63, 3.8) is 0 Å². The fourth-order valence-corrected chi connectivity index (χ4v) is 3.61. The summed E-state index contributed by atoms with van der Waals surface area (Å²) >= 11 is 0. The van der Waals surface area contributed by atoms with Crippen molar-refractivity contribution in [3.8, 4) is 11.5 Å². The largest absolute Gasteiger partial charge is 0.457 e. The Kier molecular flexibility index (Phi) is 6.61. The van der Waals surface area contributed by atoms with Gasteiger partial charge in [-0.3, -0.25) is 4.79 Å². The Morgan fingerprint density at radius 3 is 2.19 bits per heavy atom. The molecule has 0 aliphatic heterocycles. The maximum atomic E-state index is 13.8. The average Bonchev–Trinajstić information content (AvgIpc) is 2.83. The molecule has 0 aromatic heterocycles. The minimum Gasteiger partial charge on any atom is -0.457 e. The van der Waals surface area contributed by atoms with Gasteiger partial charge in [0.05, 0.1) is 6.04 Å². The molecular weight excluding hydrogens is 401 g/mol. The van der Waals surface area contributed by atoms with Crippen LogP contribution in [0.3, 0.4) is 0 Å². The van der Waals surface area contributed by atoms with E-state index in [0.717, 1.165) is 16.9 Å². The monoisotopic (exact) mass is 425 g/mol. The van der Waals surface area contributed by atoms with Gasteiger partial charge in [-0.05, 0) is 60.5 Å². The zero-order valence-electron chi connectivity index (χ0n) is 17.8. The number of rotatable bonds is 7. The zero-order valence-corrected chi connectivity index (χ0v) is 17.8. The van der Waals surface area contributed by atoms with E-state index in [2.05, 4.69) is 0 Å². The Morgan fingerprint density at radius 2 is 1.47 bits per heavy atom. The number of carbonyl (C=O) groups excluding carboxylic acids is 1. The van der Waals surface area contributed by atoms with Gasteiger partial charge >= 0.3 is 0 Å². The maximum Gasteiger partial charge on any atom is 0.254 e. The minimum absolute atomic E-state index is 0.203. The van der Waals surface area contributed by atoms with E-state index in [9.17, 15) is 9.18 Å². The SMILES string of the molecule is CC(c1ccccc1)N(Cc1cccc(Oc2ccccc2)c1)C(=O)c1cccc(F)c1. The van der Waals surface area contributed by atoms with Crippen LogP contribution < -0.4 is 4.74 Å². The highest BCUT2D eigenvalue weighted by Gasteiger charge is 2.23. The predicted molar refractivity (Wildman–Crippen MR) is 124 cm³/mol. The molecule has 0 saturated carbocycles. The van der Waals surface area contributed by atoms with Crippen LogP contribution >= 0.6 is 0 Å². The summed E-state index contributed by atoms with van der Waals surface area (Å²) in [5.74, 6) is 0.783. The van der Waals surface area contributed by atoms with Crippen LogP contribution in [0.15, 0.2) is 109 Å². The number of carbonyl (C=O) groups is 1. The first kappa shape index (κ1) is 21.3. The molecule has 0 aliphatic carbocycles. The van der Waals surface area contributed by atoms with E-state index in [1.54, 1.807) is 17.0 Å². The summed E-state index contributed by atoms with van der Waals surface area (Å²) in [7, 11) is 0. The number of hydrogen-bond donors (Lipinski definition) is 0. The molecule has 4 aromatic carbocycles. The minimum atomic E-state index is -0.429. The van der Waals surface area contributed by atoms with Crippen molar-refractivity contribution in [2.24, 2.45) is 0 Å². The van der Waals surface area contributed by atoms with E-state index >= 15 is 0 Å². The molecule has 32 heavy (non-hydrogen) atoms. The van der Waals surface area contributed by atoms with Crippen LogP contribution in [-0.2, 0) is 6.54 Å². The predicted octanol–water partition coefficient (Wildman–Crippen LogP) is 7.02. The summed E-state index contributed by atoms with van der Waals surface area (Å²) in [4.78, 5) is 15.2. The molecule has 0 fully saturated rings. The highest BCUT2D eigenvalue weighted by Crippen LogP contribution is 2.27. The third kappa shape index (κ3) is 5.22. The molecule has 4 rings (SSSR count). The molecule has 1 unspecified atom stereocenters. The summed E-state index contributed by atoms with van der Waals surface area (Å²) in [6, 6.07) is 32.7. The van der Waals surface area contributed by atoms with Crippen molar-refractivity contribution in [1.29, 1.82) is 0 Å². The number of hydrogen-bond acceptors (Lipinski definition) is 2. The summed E-state index contributed by atoms with van der Waals surface area (Å²) in [6.45, 7) is 2.34. The van der Waals surface area contributed by atoms with Gasteiger partial charge in [0.2, 0.25) is 0 Å². The molecule has 4 aromatic rings. The average molecular weight is 426 g/mol. The molecule has 0 saturated heterocycles. The van der Waals surface area contributed by atoms with Crippen LogP contribution in [0.1, 0.15) is 34.5 Å². The summed E-state index contributed by atoms with van der Waals surface area (Å²) in [5.41, 5.74) is 2.25. The van der Waals surface area contributed by atoms with E-state index in [-0.39, 0.29) is 11.9 Å². The molecule has 160 valence electrons.